The minimum absolute atomic E-state index is 0.284. The van der Waals surface area contributed by atoms with Crippen molar-refractivity contribution in [3.8, 4) is 0 Å². The van der Waals surface area contributed by atoms with Crippen LogP contribution >= 0.6 is 0 Å². The molecule has 0 saturated carbocycles. The summed E-state index contributed by atoms with van der Waals surface area (Å²) >= 11 is 0. The number of rotatable bonds is 6. The average molecular weight is 260 g/mol. The maximum atomic E-state index is 12.3. The summed E-state index contributed by atoms with van der Waals surface area (Å²) in [7, 11) is 0. The van der Waals surface area contributed by atoms with Crippen LogP contribution in [-0.2, 0) is 12.7 Å². The Morgan fingerprint density at radius 1 is 1.17 bits per heavy atom. The van der Waals surface area contributed by atoms with Gasteiger partial charge in [-0.25, -0.2) is 0 Å². The van der Waals surface area contributed by atoms with Crippen molar-refractivity contribution in [3.05, 3.63) is 35.4 Å². The standard InChI is InChI=1S/C13H19F3N2/c1-3-17-8-10(2)18-9-11-4-6-12(7-5-11)13(14,15)16/h4-7,10,17-18H,3,8-9H2,1-2H3. The first-order valence-corrected chi connectivity index (χ1v) is 6.03. The zero-order chi connectivity index (χ0) is 13.6. The first-order chi connectivity index (χ1) is 8.43. The number of alkyl halides is 3. The maximum absolute atomic E-state index is 12.3. The third-order valence-corrected chi connectivity index (χ3v) is 2.64. The van der Waals surface area contributed by atoms with Crippen LogP contribution in [0.15, 0.2) is 24.3 Å². The van der Waals surface area contributed by atoms with Crippen LogP contribution in [0.2, 0.25) is 0 Å². The molecular weight excluding hydrogens is 241 g/mol. The Bertz CT molecular complexity index is 346. The molecule has 1 unspecified atom stereocenters. The zero-order valence-corrected chi connectivity index (χ0v) is 10.6. The highest BCUT2D eigenvalue weighted by Gasteiger charge is 2.29. The van der Waals surface area contributed by atoms with Crippen molar-refractivity contribution in [1.29, 1.82) is 0 Å². The van der Waals surface area contributed by atoms with Gasteiger partial charge in [-0.1, -0.05) is 19.1 Å². The second kappa shape index (κ2) is 6.75. The summed E-state index contributed by atoms with van der Waals surface area (Å²) in [5.74, 6) is 0. The lowest BCUT2D eigenvalue weighted by molar-refractivity contribution is -0.137. The molecular formula is C13H19F3N2. The van der Waals surface area contributed by atoms with Crippen molar-refractivity contribution in [2.75, 3.05) is 13.1 Å². The largest absolute Gasteiger partial charge is 0.416 e. The molecule has 0 aromatic heterocycles. The molecule has 2 N–H and O–H groups in total. The van der Waals surface area contributed by atoms with Gasteiger partial charge in [0.15, 0.2) is 0 Å². The molecule has 102 valence electrons. The van der Waals surface area contributed by atoms with Crippen LogP contribution in [0.4, 0.5) is 13.2 Å². The minimum Gasteiger partial charge on any atom is -0.315 e. The zero-order valence-electron chi connectivity index (χ0n) is 10.6. The summed E-state index contributed by atoms with van der Waals surface area (Å²) in [6.45, 7) is 6.39. The molecule has 0 radical (unpaired) electrons. The SMILES string of the molecule is CCNCC(C)NCc1ccc(C(F)(F)F)cc1. The van der Waals surface area contributed by atoms with Gasteiger partial charge in [-0.15, -0.1) is 0 Å². The molecule has 0 aliphatic carbocycles. The van der Waals surface area contributed by atoms with E-state index in [4.69, 9.17) is 0 Å². The van der Waals surface area contributed by atoms with Crippen molar-refractivity contribution in [2.45, 2.75) is 32.6 Å². The third-order valence-electron chi connectivity index (χ3n) is 2.64. The summed E-state index contributed by atoms with van der Waals surface area (Å²) in [5, 5.41) is 6.45. The fourth-order valence-corrected chi connectivity index (χ4v) is 1.54. The second-order valence-electron chi connectivity index (χ2n) is 4.28. The van der Waals surface area contributed by atoms with Crippen LogP contribution in [0.3, 0.4) is 0 Å². The smallest absolute Gasteiger partial charge is 0.315 e. The highest BCUT2D eigenvalue weighted by molar-refractivity contribution is 5.24. The molecule has 0 bridgehead atoms. The fourth-order valence-electron chi connectivity index (χ4n) is 1.54. The van der Waals surface area contributed by atoms with Gasteiger partial charge in [0.1, 0.15) is 0 Å². The van der Waals surface area contributed by atoms with E-state index in [0.717, 1.165) is 30.8 Å². The summed E-state index contributed by atoms with van der Waals surface area (Å²) in [6.07, 6.45) is -4.26. The van der Waals surface area contributed by atoms with Gasteiger partial charge in [0.25, 0.3) is 0 Å². The molecule has 0 aliphatic rings. The molecule has 1 aromatic rings. The van der Waals surface area contributed by atoms with Gasteiger partial charge in [0.05, 0.1) is 5.56 Å². The quantitative estimate of drug-likeness (QED) is 0.822. The van der Waals surface area contributed by atoms with E-state index in [0.29, 0.717) is 6.54 Å². The number of hydrogen-bond acceptors (Lipinski definition) is 2. The molecule has 1 aromatic carbocycles. The Labute approximate surface area is 106 Å². The first-order valence-electron chi connectivity index (χ1n) is 6.03. The van der Waals surface area contributed by atoms with E-state index >= 15 is 0 Å². The van der Waals surface area contributed by atoms with Gasteiger partial charge in [0.2, 0.25) is 0 Å². The Morgan fingerprint density at radius 2 is 1.78 bits per heavy atom. The Hall–Kier alpha value is -1.07. The van der Waals surface area contributed by atoms with Crippen LogP contribution in [-0.4, -0.2) is 19.1 Å². The number of halogens is 3. The molecule has 0 heterocycles. The minimum atomic E-state index is -4.26. The van der Waals surface area contributed by atoms with Crippen LogP contribution in [0.5, 0.6) is 0 Å². The maximum Gasteiger partial charge on any atom is 0.416 e. The van der Waals surface area contributed by atoms with Crippen molar-refractivity contribution < 1.29 is 13.2 Å². The molecule has 1 rings (SSSR count). The van der Waals surface area contributed by atoms with Crippen LogP contribution < -0.4 is 10.6 Å². The van der Waals surface area contributed by atoms with Gasteiger partial charge in [-0.05, 0) is 31.2 Å². The van der Waals surface area contributed by atoms with Crippen molar-refractivity contribution in [1.82, 2.24) is 10.6 Å². The Kier molecular flexibility index (Phi) is 5.62. The van der Waals surface area contributed by atoms with E-state index in [1.165, 1.54) is 12.1 Å². The van der Waals surface area contributed by atoms with Gasteiger partial charge in [-0.2, -0.15) is 13.2 Å². The van der Waals surface area contributed by atoms with E-state index in [1.54, 1.807) is 0 Å². The van der Waals surface area contributed by atoms with E-state index in [1.807, 2.05) is 13.8 Å². The highest BCUT2D eigenvalue weighted by atomic mass is 19.4. The highest BCUT2D eigenvalue weighted by Crippen LogP contribution is 2.28. The molecule has 0 spiro atoms. The van der Waals surface area contributed by atoms with Gasteiger partial charge in [-0.3, -0.25) is 0 Å². The topological polar surface area (TPSA) is 24.1 Å². The van der Waals surface area contributed by atoms with Crippen LogP contribution in [0.25, 0.3) is 0 Å². The summed E-state index contributed by atoms with van der Waals surface area (Å²) < 4.78 is 37.0. The predicted molar refractivity (Wildman–Crippen MR) is 66.3 cm³/mol. The molecule has 0 saturated heterocycles. The van der Waals surface area contributed by atoms with E-state index in [9.17, 15) is 13.2 Å². The molecule has 5 heteroatoms. The normalized spacial score (nSPS) is 13.6. The third kappa shape index (κ3) is 5.06. The number of benzene rings is 1. The monoisotopic (exact) mass is 260 g/mol. The summed E-state index contributed by atoms with van der Waals surface area (Å²) in [4.78, 5) is 0. The summed E-state index contributed by atoms with van der Waals surface area (Å²) in [5.41, 5.74) is 0.248. The molecule has 1 atom stereocenters. The van der Waals surface area contributed by atoms with Gasteiger partial charge < -0.3 is 10.6 Å². The molecule has 18 heavy (non-hydrogen) atoms. The fraction of sp³-hybridized carbons (Fsp3) is 0.538. The number of nitrogens with one attached hydrogen (secondary N) is 2. The number of likely N-dealkylation sites (N-methyl/N-ethyl adjacent to an activating group) is 1. The predicted octanol–water partition coefficient (Wildman–Crippen LogP) is 2.79. The van der Waals surface area contributed by atoms with Crippen LogP contribution in [0.1, 0.15) is 25.0 Å². The van der Waals surface area contributed by atoms with Crippen LogP contribution in [0, 0.1) is 0 Å². The van der Waals surface area contributed by atoms with E-state index in [-0.39, 0.29) is 6.04 Å². The average Bonchev–Trinajstić information content (AvgIpc) is 2.33. The lowest BCUT2D eigenvalue weighted by atomic mass is 10.1. The molecule has 0 amide bonds. The molecule has 0 aliphatic heterocycles. The Morgan fingerprint density at radius 3 is 2.28 bits per heavy atom. The number of hydrogen-bond donors (Lipinski definition) is 2. The first kappa shape index (κ1) is 15.0. The Balaban J connectivity index is 2.44. The van der Waals surface area contributed by atoms with Gasteiger partial charge in [0, 0.05) is 19.1 Å². The molecule has 2 nitrogen and oxygen atoms in total. The van der Waals surface area contributed by atoms with E-state index in [2.05, 4.69) is 10.6 Å². The van der Waals surface area contributed by atoms with Crippen molar-refractivity contribution in [2.24, 2.45) is 0 Å². The van der Waals surface area contributed by atoms with Crippen molar-refractivity contribution >= 4 is 0 Å². The molecule has 0 fully saturated rings. The lowest BCUT2D eigenvalue weighted by Gasteiger charge is -2.14. The van der Waals surface area contributed by atoms with Gasteiger partial charge >= 0.3 is 6.18 Å². The van der Waals surface area contributed by atoms with Crippen molar-refractivity contribution in [3.63, 3.8) is 0 Å². The van der Waals surface area contributed by atoms with E-state index < -0.39 is 11.7 Å². The summed E-state index contributed by atoms with van der Waals surface area (Å²) in [6, 6.07) is 5.54. The second-order valence-corrected chi connectivity index (χ2v) is 4.28. The lowest BCUT2D eigenvalue weighted by Crippen LogP contribution is -2.35.